The molecule has 1 aliphatic rings. The summed E-state index contributed by atoms with van der Waals surface area (Å²) in [5.74, 6) is 1.46. The zero-order valence-electron chi connectivity index (χ0n) is 11.8. The van der Waals surface area contributed by atoms with Crippen molar-refractivity contribution >= 4 is 5.91 Å². The number of carbonyl (C=O) groups excluding carboxylic acids is 1. The van der Waals surface area contributed by atoms with Crippen molar-refractivity contribution in [3.63, 3.8) is 0 Å². The molecule has 17 heavy (non-hydrogen) atoms. The Balaban J connectivity index is 2.26. The maximum Gasteiger partial charge on any atom is 0.236 e. The summed E-state index contributed by atoms with van der Waals surface area (Å²) in [5, 5.41) is 2.94. The molecule has 0 saturated heterocycles. The minimum atomic E-state index is -0.388. The van der Waals surface area contributed by atoms with Gasteiger partial charge in [-0.15, -0.1) is 0 Å². The van der Waals surface area contributed by atoms with Gasteiger partial charge in [0, 0.05) is 6.54 Å². The number of nitrogens with two attached hydrogens (primary N) is 1. The summed E-state index contributed by atoms with van der Waals surface area (Å²) in [6.45, 7) is 9.52. The van der Waals surface area contributed by atoms with Crippen molar-refractivity contribution in [3.05, 3.63) is 0 Å². The van der Waals surface area contributed by atoms with Crippen LogP contribution in [0.5, 0.6) is 0 Å². The second-order valence-corrected chi connectivity index (χ2v) is 6.62. The van der Waals surface area contributed by atoms with E-state index in [0.717, 1.165) is 12.5 Å². The molecule has 0 heterocycles. The second kappa shape index (κ2) is 5.85. The normalized spacial score (nSPS) is 27.6. The van der Waals surface area contributed by atoms with Gasteiger partial charge in [0.05, 0.1) is 6.04 Å². The van der Waals surface area contributed by atoms with Crippen LogP contribution in [0.25, 0.3) is 0 Å². The molecule has 1 atom stereocenters. The van der Waals surface area contributed by atoms with E-state index in [2.05, 4.69) is 26.1 Å². The lowest BCUT2D eigenvalue weighted by atomic mass is 9.70. The topological polar surface area (TPSA) is 55.1 Å². The van der Waals surface area contributed by atoms with Crippen LogP contribution in [0.4, 0.5) is 0 Å². The van der Waals surface area contributed by atoms with Gasteiger partial charge in [-0.05, 0) is 49.9 Å². The van der Waals surface area contributed by atoms with Gasteiger partial charge in [-0.1, -0.05) is 20.8 Å². The van der Waals surface area contributed by atoms with Crippen LogP contribution in [0.2, 0.25) is 0 Å². The van der Waals surface area contributed by atoms with Crippen LogP contribution in [-0.4, -0.2) is 18.5 Å². The van der Waals surface area contributed by atoms with Crippen molar-refractivity contribution in [2.75, 3.05) is 6.54 Å². The lowest BCUT2D eigenvalue weighted by molar-refractivity contribution is -0.122. The lowest BCUT2D eigenvalue weighted by Gasteiger charge is -2.37. The molecule has 1 rings (SSSR count). The third kappa shape index (κ3) is 4.66. The molecule has 1 saturated carbocycles. The fourth-order valence-corrected chi connectivity index (χ4v) is 2.64. The van der Waals surface area contributed by atoms with Crippen molar-refractivity contribution in [1.82, 2.24) is 5.32 Å². The molecule has 0 bridgehead atoms. The monoisotopic (exact) mass is 240 g/mol. The molecule has 100 valence electrons. The van der Waals surface area contributed by atoms with E-state index in [1.54, 1.807) is 6.92 Å². The van der Waals surface area contributed by atoms with Crippen LogP contribution in [-0.2, 0) is 4.79 Å². The van der Waals surface area contributed by atoms with Crippen LogP contribution in [0.15, 0.2) is 0 Å². The molecule has 0 aromatic heterocycles. The van der Waals surface area contributed by atoms with Crippen molar-refractivity contribution in [1.29, 1.82) is 0 Å². The van der Waals surface area contributed by atoms with Crippen LogP contribution in [0.1, 0.15) is 53.4 Å². The zero-order valence-corrected chi connectivity index (χ0v) is 11.8. The van der Waals surface area contributed by atoms with E-state index < -0.39 is 0 Å². The fraction of sp³-hybridized carbons (Fsp3) is 0.929. The minimum absolute atomic E-state index is 0.0251. The maximum atomic E-state index is 11.4. The van der Waals surface area contributed by atoms with Crippen molar-refractivity contribution in [2.45, 2.75) is 59.4 Å². The van der Waals surface area contributed by atoms with Gasteiger partial charge in [0.25, 0.3) is 0 Å². The quantitative estimate of drug-likeness (QED) is 0.795. The van der Waals surface area contributed by atoms with E-state index in [4.69, 9.17) is 5.73 Å². The number of hydrogen-bond donors (Lipinski definition) is 2. The van der Waals surface area contributed by atoms with Crippen molar-refractivity contribution < 1.29 is 4.79 Å². The summed E-state index contributed by atoms with van der Waals surface area (Å²) < 4.78 is 0. The Morgan fingerprint density at radius 3 is 2.24 bits per heavy atom. The highest BCUT2D eigenvalue weighted by molar-refractivity contribution is 5.80. The molecule has 0 spiro atoms. The van der Waals surface area contributed by atoms with Gasteiger partial charge in [-0.25, -0.2) is 0 Å². The molecule has 0 aromatic rings. The highest BCUT2D eigenvalue weighted by Crippen LogP contribution is 2.39. The molecule has 3 nitrogen and oxygen atoms in total. The molecule has 1 fully saturated rings. The average molecular weight is 240 g/mol. The van der Waals surface area contributed by atoms with Gasteiger partial charge in [-0.3, -0.25) is 4.79 Å². The number of nitrogens with one attached hydrogen (secondary N) is 1. The Morgan fingerprint density at radius 2 is 1.82 bits per heavy atom. The van der Waals surface area contributed by atoms with Crippen LogP contribution >= 0.6 is 0 Å². The van der Waals surface area contributed by atoms with Crippen molar-refractivity contribution in [2.24, 2.45) is 23.0 Å². The summed E-state index contributed by atoms with van der Waals surface area (Å²) in [4.78, 5) is 11.4. The van der Waals surface area contributed by atoms with E-state index in [1.165, 1.54) is 25.7 Å². The van der Waals surface area contributed by atoms with E-state index >= 15 is 0 Å². The Hall–Kier alpha value is -0.570. The first-order chi connectivity index (χ1) is 7.80. The highest BCUT2D eigenvalue weighted by Gasteiger charge is 2.29. The Kier molecular flexibility index (Phi) is 4.99. The first-order valence-electron chi connectivity index (χ1n) is 6.84. The first-order valence-corrected chi connectivity index (χ1v) is 6.84. The van der Waals surface area contributed by atoms with Crippen LogP contribution in [0, 0.1) is 17.3 Å². The molecule has 0 unspecified atom stereocenters. The molecule has 3 N–H and O–H groups in total. The van der Waals surface area contributed by atoms with Gasteiger partial charge >= 0.3 is 0 Å². The molecule has 0 aromatic carbocycles. The SMILES string of the molecule is C[C@H](N)C(=O)NCC1CCC(C(C)(C)C)CC1. The molecular formula is C14H28N2O. The molecule has 0 radical (unpaired) electrons. The smallest absolute Gasteiger partial charge is 0.236 e. The van der Waals surface area contributed by atoms with Crippen LogP contribution in [0.3, 0.4) is 0 Å². The van der Waals surface area contributed by atoms with E-state index in [9.17, 15) is 4.79 Å². The molecule has 1 amide bonds. The standard InChI is InChI=1S/C14H28N2O/c1-10(15)13(17)16-9-11-5-7-12(8-6-11)14(2,3)4/h10-12H,5-9,15H2,1-4H3,(H,16,17)/t10-,11?,12?/m0/s1. The lowest BCUT2D eigenvalue weighted by Crippen LogP contribution is -2.41. The largest absolute Gasteiger partial charge is 0.354 e. The Morgan fingerprint density at radius 1 is 1.29 bits per heavy atom. The van der Waals surface area contributed by atoms with E-state index in [-0.39, 0.29) is 11.9 Å². The van der Waals surface area contributed by atoms with Crippen LogP contribution < -0.4 is 11.1 Å². The second-order valence-electron chi connectivity index (χ2n) is 6.62. The summed E-state index contributed by atoms with van der Waals surface area (Å²) in [5.41, 5.74) is 5.95. The highest BCUT2D eigenvalue weighted by atomic mass is 16.2. The summed E-state index contributed by atoms with van der Waals surface area (Å²) in [6, 6.07) is -0.388. The van der Waals surface area contributed by atoms with E-state index in [0.29, 0.717) is 11.3 Å². The molecule has 0 aliphatic heterocycles. The third-order valence-electron chi connectivity index (χ3n) is 4.05. The summed E-state index contributed by atoms with van der Waals surface area (Å²) in [6.07, 6.45) is 5.06. The maximum absolute atomic E-state index is 11.4. The van der Waals surface area contributed by atoms with Gasteiger partial charge in [-0.2, -0.15) is 0 Å². The van der Waals surface area contributed by atoms with Gasteiger partial charge in [0.1, 0.15) is 0 Å². The predicted octanol–water partition coefficient (Wildman–Crippen LogP) is 2.30. The number of carbonyl (C=O) groups is 1. The number of hydrogen-bond acceptors (Lipinski definition) is 2. The fourth-order valence-electron chi connectivity index (χ4n) is 2.64. The van der Waals surface area contributed by atoms with Gasteiger partial charge in [0.2, 0.25) is 5.91 Å². The Bertz CT molecular complexity index is 247. The predicted molar refractivity (Wildman–Crippen MR) is 71.6 cm³/mol. The zero-order chi connectivity index (χ0) is 13.1. The van der Waals surface area contributed by atoms with Gasteiger partial charge in [0.15, 0.2) is 0 Å². The van der Waals surface area contributed by atoms with E-state index in [1.807, 2.05) is 0 Å². The van der Waals surface area contributed by atoms with Crippen molar-refractivity contribution in [3.8, 4) is 0 Å². The van der Waals surface area contributed by atoms with Gasteiger partial charge < -0.3 is 11.1 Å². The summed E-state index contributed by atoms with van der Waals surface area (Å²) >= 11 is 0. The number of rotatable bonds is 3. The molecular weight excluding hydrogens is 212 g/mol. The summed E-state index contributed by atoms with van der Waals surface area (Å²) in [7, 11) is 0. The third-order valence-corrected chi connectivity index (χ3v) is 4.05. The first kappa shape index (κ1) is 14.5. The molecule has 3 heteroatoms. The average Bonchev–Trinajstić information content (AvgIpc) is 2.25. The minimum Gasteiger partial charge on any atom is -0.354 e. The molecule has 1 aliphatic carbocycles. The number of amides is 1. The Labute approximate surface area is 106 Å².